The number of hydrogen-bond donors (Lipinski definition) is 1. The molecule has 104 valence electrons. The smallest absolute Gasteiger partial charge is 0.157 e. The molecule has 1 fully saturated rings. The molecule has 1 aliphatic carbocycles. The first-order valence-corrected chi connectivity index (χ1v) is 6.74. The van der Waals surface area contributed by atoms with Crippen molar-refractivity contribution < 1.29 is 4.74 Å². The summed E-state index contributed by atoms with van der Waals surface area (Å²) >= 11 is 0. The highest BCUT2D eigenvalue weighted by molar-refractivity contribution is 5.47. The van der Waals surface area contributed by atoms with Gasteiger partial charge in [0.05, 0.1) is 12.3 Å². The molecule has 2 aromatic rings. The summed E-state index contributed by atoms with van der Waals surface area (Å²) in [7, 11) is 1.61. The summed E-state index contributed by atoms with van der Waals surface area (Å²) in [6.45, 7) is 0. The lowest BCUT2D eigenvalue weighted by Gasteiger charge is -2.33. The minimum absolute atomic E-state index is 0.328. The summed E-state index contributed by atoms with van der Waals surface area (Å²) in [6.07, 6.45) is 4.93. The molecule has 0 saturated heterocycles. The van der Waals surface area contributed by atoms with E-state index < -0.39 is 5.60 Å². The number of nitrogens with zero attached hydrogens (tertiary/aromatic N) is 4. The Morgan fingerprint density at radius 1 is 1.50 bits per heavy atom. The van der Waals surface area contributed by atoms with Gasteiger partial charge in [-0.1, -0.05) is 0 Å². The van der Waals surface area contributed by atoms with Crippen LogP contribution in [-0.4, -0.2) is 27.3 Å². The van der Waals surface area contributed by atoms with Crippen molar-refractivity contribution in [2.75, 3.05) is 12.8 Å². The lowest BCUT2D eigenvalue weighted by molar-refractivity contribution is 0.00408. The van der Waals surface area contributed by atoms with E-state index in [0.717, 1.165) is 37.0 Å². The van der Waals surface area contributed by atoms with Gasteiger partial charge in [-0.3, -0.25) is 0 Å². The fourth-order valence-electron chi connectivity index (χ4n) is 2.91. The molecule has 0 aromatic carbocycles. The van der Waals surface area contributed by atoms with Crippen molar-refractivity contribution in [2.45, 2.75) is 37.2 Å². The highest BCUT2D eigenvalue weighted by Crippen LogP contribution is 2.39. The maximum atomic E-state index is 9.23. The number of rotatable bonds is 2. The van der Waals surface area contributed by atoms with Gasteiger partial charge in [-0.05, 0) is 25.7 Å². The molecule has 2 N–H and O–H groups in total. The third-order valence-electron chi connectivity index (χ3n) is 4.21. The van der Waals surface area contributed by atoms with Crippen LogP contribution in [0.5, 0.6) is 0 Å². The lowest BCUT2D eigenvalue weighted by Crippen LogP contribution is -2.34. The predicted molar refractivity (Wildman–Crippen MR) is 74.0 cm³/mol. The van der Waals surface area contributed by atoms with E-state index in [1.54, 1.807) is 17.8 Å². The summed E-state index contributed by atoms with van der Waals surface area (Å²) in [5.41, 5.74) is 7.13. The van der Waals surface area contributed by atoms with Crippen LogP contribution >= 0.6 is 0 Å². The quantitative estimate of drug-likeness (QED) is 0.900. The third kappa shape index (κ3) is 2.00. The monoisotopic (exact) mass is 271 g/mol. The van der Waals surface area contributed by atoms with Crippen molar-refractivity contribution in [1.82, 2.24) is 14.6 Å². The van der Waals surface area contributed by atoms with Gasteiger partial charge in [0.25, 0.3) is 0 Å². The molecule has 0 bridgehead atoms. The van der Waals surface area contributed by atoms with E-state index in [-0.39, 0.29) is 0 Å². The van der Waals surface area contributed by atoms with Gasteiger partial charge >= 0.3 is 0 Å². The predicted octanol–water partition coefficient (Wildman–Crippen LogP) is 1.88. The summed E-state index contributed by atoms with van der Waals surface area (Å²) < 4.78 is 7.00. The first kappa shape index (κ1) is 12.9. The zero-order valence-electron chi connectivity index (χ0n) is 11.4. The minimum atomic E-state index is -0.622. The Kier molecular flexibility index (Phi) is 3.07. The molecule has 6 nitrogen and oxygen atoms in total. The van der Waals surface area contributed by atoms with Crippen LogP contribution in [0.2, 0.25) is 0 Å². The van der Waals surface area contributed by atoms with Crippen LogP contribution in [0.4, 0.5) is 5.82 Å². The molecule has 0 spiro atoms. The van der Waals surface area contributed by atoms with E-state index >= 15 is 0 Å². The van der Waals surface area contributed by atoms with Crippen LogP contribution in [0.15, 0.2) is 18.3 Å². The molecule has 20 heavy (non-hydrogen) atoms. The molecule has 0 radical (unpaired) electrons. The number of fused-ring (bicyclic) bond motifs is 1. The van der Waals surface area contributed by atoms with E-state index in [1.165, 1.54) is 0 Å². The van der Waals surface area contributed by atoms with Crippen molar-refractivity contribution in [3.05, 3.63) is 24.0 Å². The molecule has 0 amide bonds. The van der Waals surface area contributed by atoms with Crippen molar-refractivity contribution in [3.63, 3.8) is 0 Å². The standard InChI is InChI=1S/C14H17N5O/c1-20-14(9-15)5-2-10(3-6-14)11-8-12(16)19-13(18-11)4-7-17-19/h4,7-8,10H,2-3,5-6,16H2,1H3. The molecule has 1 aliphatic rings. The number of nitriles is 1. The van der Waals surface area contributed by atoms with Gasteiger partial charge in [0.15, 0.2) is 11.2 Å². The Morgan fingerprint density at radius 3 is 2.90 bits per heavy atom. The summed E-state index contributed by atoms with van der Waals surface area (Å²) in [6, 6.07) is 6.02. The number of hydrogen-bond acceptors (Lipinski definition) is 5. The van der Waals surface area contributed by atoms with Gasteiger partial charge in [0.1, 0.15) is 5.82 Å². The van der Waals surface area contributed by atoms with Crippen LogP contribution in [0.1, 0.15) is 37.3 Å². The normalized spacial score (nSPS) is 26.5. The second kappa shape index (κ2) is 4.76. The minimum Gasteiger partial charge on any atom is -0.384 e. The Balaban J connectivity index is 1.85. The SMILES string of the molecule is COC1(C#N)CCC(c2cc(N)n3nccc3n2)CC1. The van der Waals surface area contributed by atoms with E-state index in [9.17, 15) is 5.26 Å². The fourth-order valence-corrected chi connectivity index (χ4v) is 2.91. The average Bonchev–Trinajstić information content (AvgIpc) is 2.96. The number of methoxy groups -OCH3 is 1. The van der Waals surface area contributed by atoms with Crippen molar-refractivity contribution in [3.8, 4) is 6.07 Å². The number of aromatic nitrogens is 3. The molecule has 0 unspecified atom stereocenters. The van der Waals surface area contributed by atoms with Crippen LogP contribution in [0.25, 0.3) is 5.65 Å². The van der Waals surface area contributed by atoms with Crippen molar-refractivity contribution in [2.24, 2.45) is 0 Å². The van der Waals surface area contributed by atoms with Gasteiger partial charge in [-0.15, -0.1) is 0 Å². The maximum absolute atomic E-state index is 9.23. The van der Waals surface area contributed by atoms with E-state index in [4.69, 9.17) is 10.5 Å². The maximum Gasteiger partial charge on any atom is 0.157 e. The number of anilines is 1. The average molecular weight is 271 g/mol. The summed E-state index contributed by atoms with van der Waals surface area (Å²) in [5.74, 6) is 0.924. The highest BCUT2D eigenvalue weighted by Gasteiger charge is 2.36. The van der Waals surface area contributed by atoms with Crippen LogP contribution in [0, 0.1) is 11.3 Å². The molecule has 0 aliphatic heterocycles. The molecule has 2 heterocycles. The largest absolute Gasteiger partial charge is 0.384 e. The van der Waals surface area contributed by atoms with Crippen LogP contribution in [-0.2, 0) is 4.74 Å². The first-order valence-electron chi connectivity index (χ1n) is 6.74. The molecule has 2 aromatic heterocycles. The van der Waals surface area contributed by atoms with E-state index in [0.29, 0.717) is 11.7 Å². The number of ether oxygens (including phenoxy) is 1. The molecular formula is C14H17N5O. The third-order valence-corrected chi connectivity index (χ3v) is 4.21. The molecular weight excluding hydrogens is 254 g/mol. The Bertz CT molecular complexity index is 664. The lowest BCUT2D eigenvalue weighted by atomic mass is 9.78. The summed E-state index contributed by atoms with van der Waals surface area (Å²) in [5, 5.41) is 13.4. The summed E-state index contributed by atoms with van der Waals surface area (Å²) in [4.78, 5) is 4.62. The van der Waals surface area contributed by atoms with Gasteiger partial charge < -0.3 is 10.5 Å². The zero-order chi connectivity index (χ0) is 14.2. The zero-order valence-corrected chi connectivity index (χ0v) is 11.4. The van der Waals surface area contributed by atoms with Gasteiger partial charge in [0, 0.05) is 30.9 Å². The van der Waals surface area contributed by atoms with E-state index in [2.05, 4.69) is 16.2 Å². The van der Waals surface area contributed by atoms with E-state index in [1.807, 2.05) is 12.1 Å². The Labute approximate surface area is 117 Å². The second-order valence-electron chi connectivity index (χ2n) is 5.29. The topological polar surface area (TPSA) is 89.2 Å². The number of nitrogens with two attached hydrogens (primary N) is 1. The van der Waals surface area contributed by atoms with Crippen LogP contribution in [0.3, 0.4) is 0 Å². The van der Waals surface area contributed by atoms with Crippen molar-refractivity contribution in [1.29, 1.82) is 5.26 Å². The molecule has 6 heteroatoms. The molecule has 3 rings (SSSR count). The Morgan fingerprint density at radius 2 is 2.25 bits per heavy atom. The molecule has 0 atom stereocenters. The number of nitrogen functional groups attached to an aromatic ring is 1. The fraction of sp³-hybridized carbons (Fsp3) is 0.500. The van der Waals surface area contributed by atoms with Gasteiger partial charge in [0.2, 0.25) is 0 Å². The molecule has 1 saturated carbocycles. The highest BCUT2D eigenvalue weighted by atomic mass is 16.5. The van der Waals surface area contributed by atoms with Gasteiger partial charge in [-0.25, -0.2) is 4.98 Å². The first-order chi connectivity index (χ1) is 9.67. The Hall–Kier alpha value is -2.13. The van der Waals surface area contributed by atoms with Crippen molar-refractivity contribution >= 4 is 11.5 Å². The second-order valence-corrected chi connectivity index (χ2v) is 5.29. The van der Waals surface area contributed by atoms with Gasteiger partial charge in [-0.2, -0.15) is 14.9 Å². The van der Waals surface area contributed by atoms with Crippen LogP contribution < -0.4 is 5.73 Å².